The van der Waals surface area contributed by atoms with E-state index >= 15 is 0 Å². The Morgan fingerprint density at radius 3 is 2.53 bits per heavy atom. The Bertz CT molecular complexity index is 1100. The van der Waals surface area contributed by atoms with Crippen LogP contribution in [-0.2, 0) is 18.3 Å². The first kappa shape index (κ1) is 21.8. The number of benzene rings is 2. The third-order valence-electron chi connectivity index (χ3n) is 6.21. The summed E-state index contributed by atoms with van der Waals surface area (Å²) in [6, 6.07) is 16.8. The quantitative estimate of drug-likeness (QED) is 0.622. The fourth-order valence-corrected chi connectivity index (χ4v) is 4.35. The zero-order valence-electron chi connectivity index (χ0n) is 19.0. The summed E-state index contributed by atoms with van der Waals surface area (Å²) in [6.45, 7) is 6.20. The van der Waals surface area contributed by atoms with Gasteiger partial charge in [-0.2, -0.15) is 0 Å². The number of rotatable bonds is 5. The molecule has 2 heterocycles. The van der Waals surface area contributed by atoms with E-state index in [0.29, 0.717) is 38.4 Å². The SMILES string of the molecule is CCN1CCN(C(=O)c2nccn2C)CC(Cc2ccc(-c3cccc(C)c3)cc2)C1=O. The lowest BCUT2D eigenvalue weighted by molar-refractivity contribution is -0.134. The Morgan fingerprint density at radius 2 is 1.88 bits per heavy atom. The van der Waals surface area contributed by atoms with Gasteiger partial charge in [0.25, 0.3) is 5.91 Å². The first-order valence-electron chi connectivity index (χ1n) is 11.2. The summed E-state index contributed by atoms with van der Waals surface area (Å²) in [5, 5.41) is 0. The highest BCUT2D eigenvalue weighted by atomic mass is 16.2. The molecule has 1 aromatic heterocycles. The standard InChI is InChI=1S/C26H30N4O2/c1-4-29-14-15-30(26(32)24-27-12-13-28(24)3)18-23(25(29)31)17-20-8-10-21(11-9-20)22-7-5-6-19(2)16-22/h5-13,16,23H,4,14-15,17-18H2,1-3H3. The Hall–Kier alpha value is -3.41. The molecule has 1 saturated heterocycles. The predicted octanol–water partition coefficient (Wildman–Crippen LogP) is 3.56. The van der Waals surface area contributed by atoms with Crippen LogP contribution in [0.3, 0.4) is 0 Å². The van der Waals surface area contributed by atoms with Crippen LogP contribution in [0.5, 0.6) is 0 Å². The molecule has 0 aliphatic carbocycles. The van der Waals surface area contributed by atoms with E-state index in [2.05, 4.69) is 60.4 Å². The van der Waals surface area contributed by atoms with Gasteiger partial charge in [0.2, 0.25) is 5.91 Å². The molecule has 1 unspecified atom stereocenters. The van der Waals surface area contributed by atoms with Crippen LogP contribution >= 0.6 is 0 Å². The lowest BCUT2D eigenvalue weighted by Crippen LogP contribution is -2.38. The van der Waals surface area contributed by atoms with Gasteiger partial charge in [-0.1, -0.05) is 54.1 Å². The van der Waals surface area contributed by atoms with Crippen LogP contribution in [0.1, 0.15) is 28.7 Å². The number of nitrogens with zero attached hydrogens (tertiary/aromatic N) is 4. The molecule has 3 aromatic rings. The molecule has 1 aliphatic rings. The largest absolute Gasteiger partial charge is 0.341 e. The van der Waals surface area contributed by atoms with Crippen molar-refractivity contribution in [2.75, 3.05) is 26.2 Å². The molecule has 6 nitrogen and oxygen atoms in total. The van der Waals surface area contributed by atoms with Crippen LogP contribution in [0.15, 0.2) is 60.9 Å². The molecule has 1 atom stereocenters. The minimum atomic E-state index is -0.272. The molecule has 0 bridgehead atoms. The van der Waals surface area contributed by atoms with Crippen LogP contribution in [0.4, 0.5) is 0 Å². The summed E-state index contributed by atoms with van der Waals surface area (Å²) in [7, 11) is 1.81. The van der Waals surface area contributed by atoms with E-state index in [1.54, 1.807) is 21.9 Å². The summed E-state index contributed by atoms with van der Waals surface area (Å²) < 4.78 is 1.73. The molecule has 6 heteroatoms. The van der Waals surface area contributed by atoms with Crippen molar-refractivity contribution in [3.63, 3.8) is 0 Å². The molecule has 1 aliphatic heterocycles. The van der Waals surface area contributed by atoms with Crippen LogP contribution in [0, 0.1) is 12.8 Å². The Morgan fingerprint density at radius 1 is 1.09 bits per heavy atom. The highest BCUT2D eigenvalue weighted by Gasteiger charge is 2.33. The zero-order chi connectivity index (χ0) is 22.7. The monoisotopic (exact) mass is 430 g/mol. The second-order valence-electron chi connectivity index (χ2n) is 8.50. The van der Waals surface area contributed by atoms with E-state index < -0.39 is 0 Å². The van der Waals surface area contributed by atoms with E-state index in [1.807, 2.05) is 18.9 Å². The number of aromatic nitrogens is 2. The van der Waals surface area contributed by atoms with Gasteiger partial charge in [-0.05, 0) is 37.0 Å². The molecule has 32 heavy (non-hydrogen) atoms. The average Bonchev–Trinajstić information content (AvgIpc) is 3.16. The molecule has 0 spiro atoms. The van der Waals surface area contributed by atoms with E-state index in [1.165, 1.54) is 11.1 Å². The van der Waals surface area contributed by atoms with Crippen LogP contribution in [0.2, 0.25) is 0 Å². The summed E-state index contributed by atoms with van der Waals surface area (Å²) in [5.41, 5.74) is 4.67. The molecule has 2 amide bonds. The lowest BCUT2D eigenvalue weighted by Gasteiger charge is -2.23. The molecule has 0 N–H and O–H groups in total. The third kappa shape index (κ3) is 4.59. The molecule has 0 saturated carbocycles. The van der Waals surface area contributed by atoms with Gasteiger partial charge in [0.15, 0.2) is 5.82 Å². The van der Waals surface area contributed by atoms with Crippen molar-refractivity contribution in [1.82, 2.24) is 19.4 Å². The minimum absolute atomic E-state index is 0.116. The maximum absolute atomic E-state index is 13.2. The summed E-state index contributed by atoms with van der Waals surface area (Å²) in [6.07, 6.45) is 4.00. The van der Waals surface area contributed by atoms with Crippen molar-refractivity contribution in [3.05, 3.63) is 77.9 Å². The van der Waals surface area contributed by atoms with Gasteiger partial charge >= 0.3 is 0 Å². The first-order valence-corrected chi connectivity index (χ1v) is 11.2. The number of carbonyl (C=O) groups excluding carboxylic acids is 2. The van der Waals surface area contributed by atoms with Gasteiger partial charge in [0, 0.05) is 45.6 Å². The van der Waals surface area contributed by atoms with Crippen LogP contribution < -0.4 is 0 Å². The fraction of sp³-hybridized carbons (Fsp3) is 0.346. The molecule has 1 fully saturated rings. The second kappa shape index (κ2) is 9.39. The van der Waals surface area contributed by atoms with Crippen molar-refractivity contribution >= 4 is 11.8 Å². The molecule has 166 valence electrons. The Labute approximate surface area is 189 Å². The van der Waals surface area contributed by atoms with E-state index in [0.717, 1.165) is 11.1 Å². The topological polar surface area (TPSA) is 58.4 Å². The lowest BCUT2D eigenvalue weighted by atomic mass is 9.95. The van der Waals surface area contributed by atoms with Crippen LogP contribution in [0.25, 0.3) is 11.1 Å². The Kier molecular flexibility index (Phi) is 6.40. The number of hydrogen-bond donors (Lipinski definition) is 0. The van der Waals surface area contributed by atoms with Crippen LogP contribution in [-0.4, -0.2) is 57.3 Å². The normalized spacial score (nSPS) is 16.8. The van der Waals surface area contributed by atoms with Crippen molar-refractivity contribution < 1.29 is 9.59 Å². The predicted molar refractivity (Wildman–Crippen MR) is 125 cm³/mol. The molecular formula is C26H30N4O2. The first-order chi connectivity index (χ1) is 15.5. The van der Waals surface area contributed by atoms with Gasteiger partial charge in [-0.15, -0.1) is 0 Å². The highest BCUT2D eigenvalue weighted by Crippen LogP contribution is 2.23. The second-order valence-corrected chi connectivity index (χ2v) is 8.50. The number of imidazole rings is 1. The summed E-state index contributed by atoms with van der Waals surface area (Å²) >= 11 is 0. The summed E-state index contributed by atoms with van der Waals surface area (Å²) in [5.74, 6) is 0.128. The smallest absolute Gasteiger partial charge is 0.289 e. The highest BCUT2D eigenvalue weighted by molar-refractivity contribution is 5.91. The van der Waals surface area contributed by atoms with Crippen molar-refractivity contribution in [1.29, 1.82) is 0 Å². The number of likely N-dealkylation sites (N-methyl/N-ethyl adjacent to an activating group) is 1. The maximum Gasteiger partial charge on any atom is 0.289 e. The number of carbonyl (C=O) groups is 2. The van der Waals surface area contributed by atoms with Gasteiger partial charge in [-0.3, -0.25) is 9.59 Å². The van der Waals surface area contributed by atoms with Crippen molar-refractivity contribution in [2.24, 2.45) is 13.0 Å². The van der Waals surface area contributed by atoms with Crippen molar-refractivity contribution in [2.45, 2.75) is 20.3 Å². The zero-order valence-corrected chi connectivity index (χ0v) is 19.0. The molecular weight excluding hydrogens is 400 g/mol. The van der Waals surface area contributed by atoms with E-state index in [4.69, 9.17) is 0 Å². The van der Waals surface area contributed by atoms with Gasteiger partial charge in [0.1, 0.15) is 0 Å². The molecule has 0 radical (unpaired) electrons. The fourth-order valence-electron chi connectivity index (χ4n) is 4.35. The summed E-state index contributed by atoms with van der Waals surface area (Å²) in [4.78, 5) is 34.1. The van der Waals surface area contributed by atoms with Gasteiger partial charge < -0.3 is 14.4 Å². The minimum Gasteiger partial charge on any atom is -0.341 e. The maximum atomic E-state index is 13.2. The number of amides is 2. The van der Waals surface area contributed by atoms with E-state index in [9.17, 15) is 9.59 Å². The molecule has 2 aromatic carbocycles. The number of hydrogen-bond acceptors (Lipinski definition) is 3. The Balaban J connectivity index is 1.54. The van der Waals surface area contributed by atoms with Gasteiger partial charge in [-0.25, -0.2) is 4.98 Å². The average molecular weight is 431 g/mol. The third-order valence-corrected chi connectivity index (χ3v) is 6.21. The van der Waals surface area contributed by atoms with Gasteiger partial charge in [0.05, 0.1) is 5.92 Å². The molecule has 4 rings (SSSR count). The number of aryl methyl sites for hydroxylation is 2. The van der Waals surface area contributed by atoms with Crippen molar-refractivity contribution in [3.8, 4) is 11.1 Å². The van der Waals surface area contributed by atoms with E-state index in [-0.39, 0.29) is 17.7 Å².